The molecule has 1 aliphatic carbocycles. The minimum atomic E-state index is 0.738. The third-order valence-electron chi connectivity index (χ3n) is 3.89. The van der Waals surface area contributed by atoms with E-state index in [1.54, 1.807) is 17.6 Å². The molecule has 0 N–H and O–H groups in total. The van der Waals surface area contributed by atoms with Crippen molar-refractivity contribution in [2.75, 3.05) is 7.05 Å². The van der Waals surface area contributed by atoms with Crippen LogP contribution >= 0.6 is 11.3 Å². The maximum atomic E-state index is 5.39. The fourth-order valence-electron chi connectivity index (χ4n) is 2.80. The molecule has 3 nitrogen and oxygen atoms in total. The van der Waals surface area contributed by atoms with E-state index in [4.69, 9.17) is 4.42 Å². The summed E-state index contributed by atoms with van der Waals surface area (Å²) in [7, 11) is 2.22. The van der Waals surface area contributed by atoms with E-state index in [1.165, 1.54) is 32.1 Å². The van der Waals surface area contributed by atoms with E-state index in [9.17, 15) is 0 Å². The van der Waals surface area contributed by atoms with Gasteiger partial charge in [0.05, 0.1) is 12.0 Å². The molecule has 0 aliphatic heterocycles. The van der Waals surface area contributed by atoms with Crippen LogP contribution in [0.25, 0.3) is 10.8 Å². The van der Waals surface area contributed by atoms with E-state index in [1.807, 2.05) is 12.1 Å². The smallest absolute Gasteiger partial charge is 0.162 e. The van der Waals surface area contributed by atoms with E-state index >= 15 is 0 Å². The molecule has 0 atom stereocenters. The van der Waals surface area contributed by atoms with Gasteiger partial charge in [-0.15, -0.1) is 11.3 Å². The monoisotopic (exact) mass is 276 g/mol. The van der Waals surface area contributed by atoms with E-state index in [0.717, 1.165) is 29.0 Å². The number of rotatable bonds is 4. The molecule has 1 saturated carbocycles. The van der Waals surface area contributed by atoms with Crippen LogP contribution in [-0.4, -0.2) is 23.0 Å². The van der Waals surface area contributed by atoms with Gasteiger partial charge < -0.3 is 4.42 Å². The van der Waals surface area contributed by atoms with Crippen LogP contribution in [0.1, 0.15) is 37.8 Å². The van der Waals surface area contributed by atoms with Gasteiger partial charge in [0.15, 0.2) is 10.8 Å². The molecule has 1 fully saturated rings. The summed E-state index contributed by atoms with van der Waals surface area (Å²) in [4.78, 5) is 7.13. The topological polar surface area (TPSA) is 29.3 Å². The molecule has 0 radical (unpaired) electrons. The first kappa shape index (κ1) is 12.9. The molecule has 4 heteroatoms. The number of thiazole rings is 1. The van der Waals surface area contributed by atoms with E-state index < -0.39 is 0 Å². The van der Waals surface area contributed by atoms with Crippen molar-refractivity contribution in [1.29, 1.82) is 0 Å². The minimum Gasteiger partial charge on any atom is -0.462 e. The lowest BCUT2D eigenvalue weighted by Crippen LogP contribution is -2.32. The molecular weight excluding hydrogens is 256 g/mol. The zero-order valence-corrected chi connectivity index (χ0v) is 12.2. The summed E-state index contributed by atoms with van der Waals surface area (Å²) >= 11 is 1.66. The highest BCUT2D eigenvalue weighted by molar-refractivity contribution is 7.13. The highest BCUT2D eigenvalue weighted by Gasteiger charge is 2.19. The summed E-state index contributed by atoms with van der Waals surface area (Å²) in [6.45, 7) is 0.946. The van der Waals surface area contributed by atoms with Gasteiger partial charge in [-0.25, -0.2) is 4.98 Å². The summed E-state index contributed by atoms with van der Waals surface area (Å²) in [6.07, 6.45) is 8.54. The van der Waals surface area contributed by atoms with Gasteiger partial charge in [-0.05, 0) is 32.0 Å². The number of hydrogen-bond acceptors (Lipinski definition) is 4. The summed E-state index contributed by atoms with van der Waals surface area (Å²) in [5.41, 5.74) is 1.16. The molecule has 2 aromatic rings. The molecule has 0 spiro atoms. The van der Waals surface area contributed by atoms with Crippen molar-refractivity contribution in [3.05, 3.63) is 29.5 Å². The lowest BCUT2D eigenvalue weighted by Gasteiger charge is -2.30. The van der Waals surface area contributed by atoms with Gasteiger partial charge in [0, 0.05) is 18.0 Å². The van der Waals surface area contributed by atoms with Gasteiger partial charge in [-0.3, -0.25) is 4.90 Å². The van der Waals surface area contributed by atoms with Crippen LogP contribution in [0.3, 0.4) is 0 Å². The molecule has 1 aliphatic rings. The molecule has 102 valence electrons. The summed E-state index contributed by atoms with van der Waals surface area (Å²) < 4.78 is 5.39. The zero-order valence-electron chi connectivity index (χ0n) is 11.3. The maximum Gasteiger partial charge on any atom is 0.162 e. The van der Waals surface area contributed by atoms with Gasteiger partial charge in [0.1, 0.15) is 0 Å². The third kappa shape index (κ3) is 3.07. The second-order valence-electron chi connectivity index (χ2n) is 5.33. The van der Waals surface area contributed by atoms with Gasteiger partial charge in [0.25, 0.3) is 0 Å². The fraction of sp³-hybridized carbons (Fsp3) is 0.533. The van der Waals surface area contributed by atoms with Crippen molar-refractivity contribution >= 4 is 11.3 Å². The average molecular weight is 276 g/mol. The van der Waals surface area contributed by atoms with E-state index in [0.29, 0.717) is 0 Å². The largest absolute Gasteiger partial charge is 0.462 e. The van der Waals surface area contributed by atoms with Crippen LogP contribution in [0.5, 0.6) is 0 Å². The summed E-state index contributed by atoms with van der Waals surface area (Å²) in [6, 6.07) is 4.61. The SMILES string of the molecule is CN(Cc1csc(-c2ccco2)n1)C1CCCCC1. The Morgan fingerprint density at radius 3 is 2.95 bits per heavy atom. The molecule has 2 aromatic heterocycles. The molecular formula is C15H20N2OS. The zero-order chi connectivity index (χ0) is 13.1. The van der Waals surface area contributed by atoms with Gasteiger partial charge in [0.2, 0.25) is 0 Å². The van der Waals surface area contributed by atoms with Gasteiger partial charge in [-0.1, -0.05) is 19.3 Å². The molecule has 0 unspecified atom stereocenters. The van der Waals surface area contributed by atoms with Crippen molar-refractivity contribution in [2.45, 2.75) is 44.7 Å². The van der Waals surface area contributed by atoms with Crippen LogP contribution in [-0.2, 0) is 6.54 Å². The van der Waals surface area contributed by atoms with Crippen molar-refractivity contribution in [1.82, 2.24) is 9.88 Å². The van der Waals surface area contributed by atoms with E-state index in [-0.39, 0.29) is 0 Å². The standard InChI is InChI=1S/C15H20N2OS/c1-17(13-6-3-2-4-7-13)10-12-11-19-15(16-12)14-8-5-9-18-14/h5,8-9,11,13H,2-4,6-7,10H2,1H3. The Morgan fingerprint density at radius 2 is 2.21 bits per heavy atom. The Labute approximate surface area is 118 Å². The maximum absolute atomic E-state index is 5.39. The van der Waals surface area contributed by atoms with Gasteiger partial charge in [-0.2, -0.15) is 0 Å². The lowest BCUT2D eigenvalue weighted by atomic mass is 9.94. The molecule has 2 heterocycles. The van der Waals surface area contributed by atoms with Crippen LogP contribution < -0.4 is 0 Å². The molecule has 0 saturated heterocycles. The number of furan rings is 1. The number of hydrogen-bond donors (Lipinski definition) is 0. The second kappa shape index (κ2) is 5.88. The Bertz CT molecular complexity index is 500. The summed E-state index contributed by atoms with van der Waals surface area (Å²) in [5.74, 6) is 0.872. The molecule has 3 rings (SSSR count). The average Bonchev–Trinajstić information content (AvgIpc) is 3.10. The van der Waals surface area contributed by atoms with Gasteiger partial charge >= 0.3 is 0 Å². The third-order valence-corrected chi connectivity index (χ3v) is 4.80. The number of aromatic nitrogens is 1. The van der Waals surface area contributed by atoms with Crippen molar-refractivity contribution < 1.29 is 4.42 Å². The summed E-state index contributed by atoms with van der Waals surface area (Å²) in [5, 5.41) is 3.13. The highest BCUT2D eigenvalue weighted by atomic mass is 32.1. The number of nitrogens with zero attached hydrogens (tertiary/aromatic N) is 2. The van der Waals surface area contributed by atoms with Crippen molar-refractivity contribution in [3.63, 3.8) is 0 Å². The van der Waals surface area contributed by atoms with Crippen LogP contribution in [0.4, 0.5) is 0 Å². The Balaban J connectivity index is 1.63. The second-order valence-corrected chi connectivity index (χ2v) is 6.19. The highest BCUT2D eigenvalue weighted by Crippen LogP contribution is 2.26. The quantitative estimate of drug-likeness (QED) is 0.839. The fourth-order valence-corrected chi connectivity index (χ4v) is 3.58. The first-order chi connectivity index (χ1) is 9.33. The lowest BCUT2D eigenvalue weighted by molar-refractivity contribution is 0.183. The Morgan fingerprint density at radius 1 is 1.37 bits per heavy atom. The van der Waals surface area contributed by atoms with E-state index in [2.05, 4.69) is 22.3 Å². The Kier molecular flexibility index (Phi) is 3.99. The molecule has 0 bridgehead atoms. The first-order valence-electron chi connectivity index (χ1n) is 7.01. The molecule has 0 amide bonds. The minimum absolute atomic E-state index is 0.738. The predicted molar refractivity (Wildman–Crippen MR) is 78.2 cm³/mol. The van der Waals surface area contributed by atoms with Crippen molar-refractivity contribution in [3.8, 4) is 10.8 Å². The van der Waals surface area contributed by atoms with Crippen LogP contribution in [0.2, 0.25) is 0 Å². The van der Waals surface area contributed by atoms with Crippen LogP contribution in [0.15, 0.2) is 28.2 Å². The van der Waals surface area contributed by atoms with Crippen LogP contribution in [0, 0.1) is 0 Å². The predicted octanol–water partition coefficient (Wildman–Crippen LogP) is 4.17. The molecule has 19 heavy (non-hydrogen) atoms. The van der Waals surface area contributed by atoms with Crippen molar-refractivity contribution in [2.24, 2.45) is 0 Å². The normalized spacial score (nSPS) is 17.2. The first-order valence-corrected chi connectivity index (χ1v) is 7.89. The Hall–Kier alpha value is -1.13. The molecule has 0 aromatic carbocycles.